The molecule has 2 bridgehead atoms. The highest BCUT2D eigenvalue weighted by molar-refractivity contribution is 14.1. The van der Waals surface area contributed by atoms with Crippen LogP contribution in [0.4, 0.5) is 0 Å². The van der Waals surface area contributed by atoms with Crippen LogP contribution in [0.2, 0.25) is 0 Å². The van der Waals surface area contributed by atoms with Gasteiger partial charge in [-0.25, -0.2) is 0 Å². The molecule has 0 aromatic heterocycles. The molecule has 0 saturated heterocycles. The van der Waals surface area contributed by atoms with Crippen LogP contribution in [0, 0.1) is 23.2 Å². The van der Waals surface area contributed by atoms with Crippen molar-refractivity contribution in [1.29, 1.82) is 0 Å². The van der Waals surface area contributed by atoms with E-state index in [1.807, 2.05) is 0 Å². The average Bonchev–Trinajstić information content (AvgIpc) is 2.98. The Labute approximate surface area is 132 Å². The van der Waals surface area contributed by atoms with Gasteiger partial charge in [-0.15, -0.1) is 0 Å². The van der Waals surface area contributed by atoms with Gasteiger partial charge in [0.1, 0.15) is 0 Å². The third kappa shape index (κ3) is 2.29. The topological polar surface area (TPSA) is 9.23 Å². The van der Waals surface area contributed by atoms with E-state index in [0.717, 1.165) is 24.4 Å². The van der Waals surface area contributed by atoms with Crippen molar-refractivity contribution in [1.82, 2.24) is 0 Å². The minimum absolute atomic E-state index is 0.188. The minimum Gasteiger partial charge on any atom is -0.373 e. The van der Waals surface area contributed by atoms with E-state index >= 15 is 0 Å². The average molecular weight is 376 g/mol. The van der Waals surface area contributed by atoms with Crippen molar-refractivity contribution in [3.05, 3.63) is 0 Å². The Hall–Kier alpha value is 0.690. The van der Waals surface area contributed by atoms with Gasteiger partial charge in [0.25, 0.3) is 0 Å². The second-order valence-corrected chi connectivity index (χ2v) is 8.53. The molecule has 3 aliphatic carbocycles. The van der Waals surface area contributed by atoms with Gasteiger partial charge < -0.3 is 4.74 Å². The molecular weight excluding hydrogens is 347 g/mol. The number of rotatable bonds is 4. The zero-order valence-corrected chi connectivity index (χ0v) is 14.7. The normalized spacial score (nSPS) is 41.8. The Morgan fingerprint density at radius 3 is 2.26 bits per heavy atom. The number of halogens is 1. The van der Waals surface area contributed by atoms with E-state index in [2.05, 4.69) is 36.4 Å². The second-order valence-electron chi connectivity index (χ2n) is 7.77. The first-order chi connectivity index (χ1) is 9.10. The molecule has 3 fully saturated rings. The summed E-state index contributed by atoms with van der Waals surface area (Å²) >= 11 is 2.60. The van der Waals surface area contributed by atoms with E-state index in [9.17, 15) is 0 Å². The molecule has 0 aromatic rings. The highest BCUT2D eigenvalue weighted by atomic mass is 127. The van der Waals surface area contributed by atoms with Gasteiger partial charge in [0, 0.05) is 4.43 Å². The smallest absolute Gasteiger partial charge is 0.0852 e. The highest BCUT2D eigenvalue weighted by Crippen LogP contribution is 2.63. The number of hydrogen-bond donors (Lipinski definition) is 0. The molecule has 0 heterocycles. The summed E-state index contributed by atoms with van der Waals surface area (Å²) < 4.78 is 7.91. The van der Waals surface area contributed by atoms with Gasteiger partial charge in [0.2, 0.25) is 0 Å². The Balaban J connectivity index is 1.69. The molecular formula is C17H29IO. The van der Waals surface area contributed by atoms with Crippen LogP contribution >= 0.6 is 22.6 Å². The molecule has 0 radical (unpaired) electrons. The van der Waals surface area contributed by atoms with Crippen LogP contribution in [0.1, 0.15) is 65.2 Å². The van der Waals surface area contributed by atoms with Gasteiger partial charge in [-0.1, -0.05) is 55.7 Å². The predicted octanol–water partition coefficient (Wildman–Crippen LogP) is 5.21. The first kappa shape index (κ1) is 14.6. The Kier molecular flexibility index (Phi) is 4.21. The van der Waals surface area contributed by atoms with Crippen molar-refractivity contribution in [3.8, 4) is 0 Å². The fourth-order valence-electron chi connectivity index (χ4n) is 5.18. The van der Waals surface area contributed by atoms with Crippen molar-refractivity contribution in [3.63, 3.8) is 0 Å². The van der Waals surface area contributed by atoms with Crippen molar-refractivity contribution in [2.24, 2.45) is 23.2 Å². The number of alkyl halides is 1. The van der Waals surface area contributed by atoms with E-state index in [1.54, 1.807) is 0 Å². The lowest BCUT2D eigenvalue weighted by atomic mass is 9.66. The summed E-state index contributed by atoms with van der Waals surface area (Å²) in [7, 11) is 0. The summed E-state index contributed by atoms with van der Waals surface area (Å²) in [6, 6.07) is 0. The van der Waals surface area contributed by atoms with E-state index in [-0.39, 0.29) is 5.60 Å². The molecule has 3 rings (SSSR count). The van der Waals surface area contributed by atoms with Gasteiger partial charge in [-0.2, -0.15) is 0 Å². The predicted molar refractivity (Wildman–Crippen MR) is 88.8 cm³/mol. The van der Waals surface area contributed by atoms with Crippen LogP contribution in [-0.4, -0.2) is 16.6 Å². The summed E-state index contributed by atoms with van der Waals surface area (Å²) in [6.07, 6.45) is 11.4. The van der Waals surface area contributed by atoms with E-state index in [1.165, 1.54) is 55.8 Å². The molecule has 19 heavy (non-hydrogen) atoms. The zero-order valence-electron chi connectivity index (χ0n) is 12.6. The molecule has 0 aromatic carbocycles. The molecule has 1 nitrogen and oxygen atoms in total. The minimum atomic E-state index is 0.188. The van der Waals surface area contributed by atoms with Gasteiger partial charge in [0.15, 0.2) is 0 Å². The maximum absolute atomic E-state index is 6.72. The lowest BCUT2D eigenvalue weighted by molar-refractivity contribution is -0.146. The Morgan fingerprint density at radius 2 is 1.68 bits per heavy atom. The lowest BCUT2D eigenvalue weighted by Gasteiger charge is -2.49. The van der Waals surface area contributed by atoms with Crippen molar-refractivity contribution < 1.29 is 4.74 Å². The van der Waals surface area contributed by atoms with Crippen LogP contribution < -0.4 is 0 Å². The van der Waals surface area contributed by atoms with Gasteiger partial charge in [-0.05, 0) is 55.3 Å². The standard InChI is InChI=1S/C17H29IO/c1-16(2)14-8-9-15(10-14)17(16,12-18)19-11-13-6-4-3-5-7-13/h13-15H,3-12H2,1-2H3. The summed E-state index contributed by atoms with van der Waals surface area (Å²) in [5, 5.41) is 0. The number of hydrogen-bond acceptors (Lipinski definition) is 1. The lowest BCUT2D eigenvalue weighted by Crippen LogP contribution is -2.53. The van der Waals surface area contributed by atoms with Crippen LogP contribution in [-0.2, 0) is 4.74 Å². The second kappa shape index (κ2) is 5.47. The maximum Gasteiger partial charge on any atom is 0.0852 e. The van der Waals surface area contributed by atoms with E-state index in [0.29, 0.717) is 5.41 Å². The quantitative estimate of drug-likeness (QED) is 0.483. The molecule has 0 N–H and O–H groups in total. The summed E-state index contributed by atoms with van der Waals surface area (Å²) in [6.45, 7) is 6.00. The molecule has 0 spiro atoms. The SMILES string of the molecule is CC1(C)C2CCC(C2)C1(CI)OCC1CCCCC1. The molecule has 0 amide bonds. The summed E-state index contributed by atoms with van der Waals surface area (Å²) in [4.78, 5) is 0. The van der Waals surface area contributed by atoms with Crippen molar-refractivity contribution in [2.75, 3.05) is 11.0 Å². The van der Waals surface area contributed by atoms with Crippen LogP contribution in [0.5, 0.6) is 0 Å². The molecule has 2 heteroatoms. The third-order valence-corrected chi connectivity index (χ3v) is 7.84. The monoisotopic (exact) mass is 376 g/mol. The third-order valence-electron chi connectivity index (χ3n) is 6.70. The molecule has 3 aliphatic rings. The molecule has 110 valence electrons. The Morgan fingerprint density at radius 1 is 1.00 bits per heavy atom. The van der Waals surface area contributed by atoms with Crippen LogP contribution in [0.15, 0.2) is 0 Å². The van der Waals surface area contributed by atoms with Gasteiger partial charge in [-0.3, -0.25) is 0 Å². The summed E-state index contributed by atoms with van der Waals surface area (Å²) in [5.74, 6) is 2.61. The highest BCUT2D eigenvalue weighted by Gasteiger charge is 2.63. The molecule has 0 aliphatic heterocycles. The van der Waals surface area contributed by atoms with E-state index in [4.69, 9.17) is 4.74 Å². The molecule has 3 saturated carbocycles. The van der Waals surface area contributed by atoms with Gasteiger partial charge in [0.05, 0.1) is 12.2 Å². The number of ether oxygens (including phenoxy) is 1. The largest absolute Gasteiger partial charge is 0.373 e. The van der Waals surface area contributed by atoms with Crippen molar-refractivity contribution >= 4 is 22.6 Å². The van der Waals surface area contributed by atoms with Crippen molar-refractivity contribution in [2.45, 2.75) is 70.8 Å². The maximum atomic E-state index is 6.72. The molecule has 3 atom stereocenters. The van der Waals surface area contributed by atoms with Gasteiger partial charge >= 0.3 is 0 Å². The number of fused-ring (bicyclic) bond motifs is 2. The zero-order chi connectivity index (χ0) is 13.5. The first-order valence-electron chi connectivity index (χ1n) is 8.30. The first-order valence-corrected chi connectivity index (χ1v) is 9.82. The fourth-order valence-corrected chi connectivity index (χ4v) is 7.00. The molecule has 3 unspecified atom stereocenters. The fraction of sp³-hybridized carbons (Fsp3) is 1.00. The van der Waals surface area contributed by atoms with Crippen LogP contribution in [0.3, 0.4) is 0 Å². The summed E-state index contributed by atoms with van der Waals surface area (Å²) in [5.41, 5.74) is 0.583. The van der Waals surface area contributed by atoms with Crippen LogP contribution in [0.25, 0.3) is 0 Å². The Bertz CT molecular complexity index is 321. The van der Waals surface area contributed by atoms with E-state index < -0.39 is 0 Å².